The number of nitriles is 1. The van der Waals surface area contributed by atoms with Crippen molar-refractivity contribution < 1.29 is 14.6 Å². The van der Waals surface area contributed by atoms with Crippen molar-refractivity contribution in [3.05, 3.63) is 29.8 Å². The molecular formula is C19H25N3O3. The Morgan fingerprint density at radius 3 is 2.52 bits per heavy atom. The smallest absolute Gasteiger partial charge is 0.260 e. The fourth-order valence-electron chi connectivity index (χ4n) is 3.68. The molecule has 1 aromatic carbocycles. The number of aliphatic hydroxyl groups is 1. The quantitative estimate of drug-likeness (QED) is 0.869. The Balaban J connectivity index is 1.42. The van der Waals surface area contributed by atoms with Crippen molar-refractivity contribution in [2.24, 2.45) is 0 Å². The first-order valence-electron chi connectivity index (χ1n) is 8.96. The van der Waals surface area contributed by atoms with Crippen molar-refractivity contribution in [1.82, 2.24) is 9.80 Å². The van der Waals surface area contributed by atoms with Gasteiger partial charge >= 0.3 is 0 Å². The number of piperazine rings is 1. The Kier molecular flexibility index (Phi) is 5.90. The molecule has 3 rings (SSSR count). The highest BCUT2D eigenvalue weighted by Gasteiger charge is 2.33. The number of hydrogen-bond acceptors (Lipinski definition) is 5. The molecule has 1 aliphatic heterocycles. The third kappa shape index (κ3) is 4.50. The predicted octanol–water partition coefficient (Wildman–Crippen LogP) is 1.19. The summed E-state index contributed by atoms with van der Waals surface area (Å²) < 4.78 is 5.57. The van der Waals surface area contributed by atoms with Gasteiger partial charge < -0.3 is 14.7 Å². The van der Waals surface area contributed by atoms with Gasteiger partial charge in [0.25, 0.3) is 5.91 Å². The second-order valence-corrected chi connectivity index (χ2v) is 6.75. The fraction of sp³-hybridized carbons (Fsp3) is 0.579. The second kappa shape index (κ2) is 8.32. The van der Waals surface area contributed by atoms with Crippen molar-refractivity contribution in [3.8, 4) is 11.8 Å². The van der Waals surface area contributed by atoms with E-state index in [-0.39, 0.29) is 24.7 Å². The maximum absolute atomic E-state index is 12.3. The number of benzene rings is 1. The van der Waals surface area contributed by atoms with E-state index in [0.717, 1.165) is 37.9 Å². The van der Waals surface area contributed by atoms with E-state index in [1.165, 1.54) is 0 Å². The van der Waals surface area contributed by atoms with E-state index < -0.39 is 0 Å². The molecule has 134 valence electrons. The maximum atomic E-state index is 12.3. The van der Waals surface area contributed by atoms with Crippen molar-refractivity contribution in [2.75, 3.05) is 32.8 Å². The van der Waals surface area contributed by atoms with Crippen LogP contribution >= 0.6 is 0 Å². The SMILES string of the molecule is N#CCc1ccc(OCC(=O)N2CCN([C@@H]3CCC[C@H]3O)CC2)cc1. The summed E-state index contributed by atoms with van der Waals surface area (Å²) >= 11 is 0. The molecule has 0 aromatic heterocycles. The van der Waals surface area contributed by atoms with E-state index in [2.05, 4.69) is 11.0 Å². The molecule has 2 fully saturated rings. The van der Waals surface area contributed by atoms with Gasteiger partial charge in [0.2, 0.25) is 0 Å². The number of carbonyl (C=O) groups excluding carboxylic acids is 1. The van der Waals surface area contributed by atoms with E-state index >= 15 is 0 Å². The number of amides is 1. The number of aliphatic hydroxyl groups excluding tert-OH is 1. The molecule has 1 aromatic rings. The summed E-state index contributed by atoms with van der Waals surface area (Å²) in [5.41, 5.74) is 0.936. The maximum Gasteiger partial charge on any atom is 0.260 e. The first kappa shape index (κ1) is 17.7. The normalized spacial score (nSPS) is 24.1. The third-order valence-electron chi connectivity index (χ3n) is 5.15. The van der Waals surface area contributed by atoms with Gasteiger partial charge in [-0.1, -0.05) is 12.1 Å². The van der Waals surface area contributed by atoms with Crippen LogP contribution in [0.3, 0.4) is 0 Å². The monoisotopic (exact) mass is 343 g/mol. The molecule has 6 nitrogen and oxygen atoms in total. The van der Waals surface area contributed by atoms with E-state index in [1.54, 1.807) is 12.1 Å². The third-order valence-corrected chi connectivity index (χ3v) is 5.15. The minimum atomic E-state index is -0.213. The molecule has 0 unspecified atom stereocenters. The Bertz CT molecular complexity index is 618. The fourth-order valence-corrected chi connectivity index (χ4v) is 3.68. The molecular weight excluding hydrogens is 318 g/mol. The number of nitrogens with zero attached hydrogens (tertiary/aromatic N) is 3. The summed E-state index contributed by atoms with van der Waals surface area (Å²) in [5.74, 6) is 0.635. The molecule has 6 heteroatoms. The first-order valence-corrected chi connectivity index (χ1v) is 8.96. The number of ether oxygens (including phenoxy) is 1. The van der Waals surface area contributed by atoms with Gasteiger partial charge in [0, 0.05) is 32.2 Å². The van der Waals surface area contributed by atoms with E-state index in [4.69, 9.17) is 10.00 Å². The molecule has 1 heterocycles. The van der Waals surface area contributed by atoms with Crippen LogP contribution in [0.1, 0.15) is 24.8 Å². The molecule has 1 N–H and O–H groups in total. The van der Waals surface area contributed by atoms with Crippen LogP contribution in [0.15, 0.2) is 24.3 Å². The molecule has 1 saturated carbocycles. The molecule has 2 aliphatic rings. The molecule has 1 aliphatic carbocycles. The van der Waals surface area contributed by atoms with Crippen LogP contribution in [0.4, 0.5) is 0 Å². The van der Waals surface area contributed by atoms with Gasteiger partial charge in [-0.05, 0) is 37.0 Å². The lowest BCUT2D eigenvalue weighted by Crippen LogP contribution is -2.54. The summed E-state index contributed by atoms with van der Waals surface area (Å²) in [6.07, 6.45) is 3.20. The lowest BCUT2D eigenvalue weighted by atomic mass is 10.1. The van der Waals surface area contributed by atoms with Gasteiger partial charge in [0.1, 0.15) is 5.75 Å². The van der Waals surface area contributed by atoms with Gasteiger partial charge in [0.05, 0.1) is 18.6 Å². The van der Waals surface area contributed by atoms with Gasteiger partial charge in [-0.3, -0.25) is 9.69 Å². The second-order valence-electron chi connectivity index (χ2n) is 6.75. The van der Waals surface area contributed by atoms with Gasteiger partial charge in [-0.25, -0.2) is 0 Å². The van der Waals surface area contributed by atoms with Gasteiger partial charge in [0.15, 0.2) is 6.61 Å². The standard InChI is InChI=1S/C19H25N3O3/c20-9-8-15-4-6-16(7-5-15)25-14-19(24)22-12-10-21(11-13-22)17-2-1-3-18(17)23/h4-7,17-18,23H,1-3,8,10-14H2/t17-,18-/m1/s1. The molecule has 25 heavy (non-hydrogen) atoms. The largest absolute Gasteiger partial charge is 0.484 e. The van der Waals surface area contributed by atoms with Gasteiger partial charge in [-0.15, -0.1) is 0 Å². The summed E-state index contributed by atoms with van der Waals surface area (Å²) in [5, 5.41) is 18.7. The van der Waals surface area contributed by atoms with Crippen LogP contribution in [-0.2, 0) is 11.2 Å². The van der Waals surface area contributed by atoms with Crippen LogP contribution in [0, 0.1) is 11.3 Å². The Labute approximate surface area is 148 Å². The summed E-state index contributed by atoms with van der Waals surface area (Å²) in [4.78, 5) is 16.5. The highest BCUT2D eigenvalue weighted by molar-refractivity contribution is 5.77. The lowest BCUT2D eigenvalue weighted by Gasteiger charge is -2.39. The highest BCUT2D eigenvalue weighted by Crippen LogP contribution is 2.25. The molecule has 0 bridgehead atoms. The van der Waals surface area contributed by atoms with Crippen LogP contribution in [0.5, 0.6) is 5.75 Å². The van der Waals surface area contributed by atoms with E-state index in [0.29, 0.717) is 25.3 Å². The van der Waals surface area contributed by atoms with Crippen molar-refractivity contribution in [1.29, 1.82) is 5.26 Å². The van der Waals surface area contributed by atoms with Crippen molar-refractivity contribution in [3.63, 3.8) is 0 Å². The zero-order chi connectivity index (χ0) is 17.6. The molecule has 2 atom stereocenters. The minimum Gasteiger partial charge on any atom is -0.484 e. The first-order chi connectivity index (χ1) is 12.2. The van der Waals surface area contributed by atoms with Crippen LogP contribution in [0.25, 0.3) is 0 Å². The average Bonchev–Trinajstić information content (AvgIpc) is 3.07. The summed E-state index contributed by atoms with van der Waals surface area (Å²) in [6, 6.07) is 9.63. The van der Waals surface area contributed by atoms with Crippen LogP contribution in [0.2, 0.25) is 0 Å². The summed E-state index contributed by atoms with van der Waals surface area (Å²) in [7, 11) is 0. The Morgan fingerprint density at radius 1 is 1.20 bits per heavy atom. The molecule has 1 saturated heterocycles. The van der Waals surface area contributed by atoms with Crippen LogP contribution in [-0.4, -0.2) is 65.7 Å². The average molecular weight is 343 g/mol. The van der Waals surface area contributed by atoms with Crippen molar-refractivity contribution >= 4 is 5.91 Å². The van der Waals surface area contributed by atoms with Gasteiger partial charge in [-0.2, -0.15) is 5.26 Å². The van der Waals surface area contributed by atoms with Crippen LogP contribution < -0.4 is 4.74 Å². The topological polar surface area (TPSA) is 76.8 Å². The zero-order valence-electron chi connectivity index (χ0n) is 14.4. The molecule has 0 radical (unpaired) electrons. The molecule has 0 spiro atoms. The van der Waals surface area contributed by atoms with E-state index in [9.17, 15) is 9.90 Å². The number of hydrogen-bond donors (Lipinski definition) is 1. The summed E-state index contributed by atoms with van der Waals surface area (Å²) in [6.45, 7) is 3.04. The Hall–Kier alpha value is -2.10. The number of carbonyl (C=O) groups is 1. The number of rotatable bonds is 5. The van der Waals surface area contributed by atoms with E-state index in [1.807, 2.05) is 17.0 Å². The lowest BCUT2D eigenvalue weighted by molar-refractivity contribution is -0.135. The highest BCUT2D eigenvalue weighted by atomic mass is 16.5. The predicted molar refractivity (Wildman–Crippen MR) is 93.1 cm³/mol. The molecule has 1 amide bonds. The zero-order valence-corrected chi connectivity index (χ0v) is 14.4. The minimum absolute atomic E-state index is 0.00674. The Morgan fingerprint density at radius 2 is 1.92 bits per heavy atom. The van der Waals surface area contributed by atoms with Crippen molar-refractivity contribution in [2.45, 2.75) is 37.8 Å².